The minimum atomic E-state index is -0.714. The molecular weight excluding hydrogens is 462 g/mol. The summed E-state index contributed by atoms with van der Waals surface area (Å²) in [6, 6.07) is 9.83. The van der Waals surface area contributed by atoms with Crippen LogP contribution in [0, 0.1) is 19.8 Å². The minimum absolute atomic E-state index is 0.0389. The van der Waals surface area contributed by atoms with Crippen molar-refractivity contribution in [1.29, 1.82) is 0 Å². The maximum Gasteiger partial charge on any atom is 0.246 e. The van der Waals surface area contributed by atoms with Gasteiger partial charge >= 0.3 is 0 Å². The smallest absolute Gasteiger partial charge is 0.246 e. The molecule has 0 saturated carbocycles. The van der Waals surface area contributed by atoms with Gasteiger partial charge in [0.25, 0.3) is 0 Å². The van der Waals surface area contributed by atoms with E-state index in [9.17, 15) is 9.59 Å². The number of unbranched alkanes of at least 4 members (excludes halogenated alkanes) is 1. The van der Waals surface area contributed by atoms with Gasteiger partial charge in [0, 0.05) is 30.9 Å². The third-order valence-corrected chi connectivity index (χ3v) is 7.96. The molecule has 1 N–H and O–H groups in total. The van der Waals surface area contributed by atoms with Crippen molar-refractivity contribution in [2.45, 2.75) is 84.7 Å². The Kier molecular flexibility index (Phi) is 8.40. The van der Waals surface area contributed by atoms with E-state index < -0.39 is 11.6 Å². The first-order valence-electron chi connectivity index (χ1n) is 13.9. The summed E-state index contributed by atoms with van der Waals surface area (Å²) >= 11 is 0. The molecule has 1 aromatic heterocycles. The van der Waals surface area contributed by atoms with Crippen LogP contribution in [0.5, 0.6) is 0 Å². The van der Waals surface area contributed by atoms with Crippen LogP contribution in [0.4, 0.5) is 0 Å². The predicted molar refractivity (Wildman–Crippen MR) is 147 cm³/mol. The number of hydrogen-bond donors (Lipinski definition) is 1. The topological polar surface area (TPSA) is 70.5 Å². The van der Waals surface area contributed by atoms with Gasteiger partial charge in [-0.1, -0.05) is 51.5 Å². The maximum atomic E-state index is 13.4. The Morgan fingerprint density at radius 3 is 2.49 bits per heavy atom. The Morgan fingerprint density at radius 1 is 1.14 bits per heavy atom. The molecule has 7 nitrogen and oxygen atoms in total. The maximum absolute atomic E-state index is 13.4. The van der Waals surface area contributed by atoms with E-state index >= 15 is 0 Å². The monoisotopic (exact) mass is 505 g/mol. The van der Waals surface area contributed by atoms with Crippen LogP contribution in [0.25, 0.3) is 5.69 Å². The third kappa shape index (κ3) is 5.60. The highest BCUT2D eigenvalue weighted by molar-refractivity contribution is 6.00. The number of nitrogens with one attached hydrogen (secondary N) is 1. The van der Waals surface area contributed by atoms with Gasteiger partial charge in [0.1, 0.15) is 11.6 Å². The van der Waals surface area contributed by atoms with Crippen LogP contribution in [0.3, 0.4) is 0 Å². The number of carbonyl (C=O) groups is 2. The highest BCUT2D eigenvalue weighted by Gasteiger charge is 2.53. The lowest BCUT2D eigenvalue weighted by atomic mass is 9.81. The lowest BCUT2D eigenvalue weighted by Crippen LogP contribution is -2.72. The van der Waals surface area contributed by atoms with Crippen LogP contribution in [-0.2, 0) is 16.0 Å². The van der Waals surface area contributed by atoms with Crippen molar-refractivity contribution in [2.75, 3.05) is 19.6 Å². The van der Waals surface area contributed by atoms with Gasteiger partial charge < -0.3 is 15.1 Å². The predicted octanol–water partition coefficient (Wildman–Crippen LogP) is 4.55. The number of piperazine rings is 1. The van der Waals surface area contributed by atoms with Crippen molar-refractivity contribution in [3.05, 3.63) is 59.6 Å². The summed E-state index contributed by atoms with van der Waals surface area (Å²) in [5, 5.41) is 7.86. The number of benzene rings is 1. The number of amides is 2. The van der Waals surface area contributed by atoms with E-state index in [0.29, 0.717) is 31.7 Å². The van der Waals surface area contributed by atoms with Crippen molar-refractivity contribution < 1.29 is 9.59 Å². The molecule has 37 heavy (non-hydrogen) atoms. The number of aromatic nitrogens is 2. The van der Waals surface area contributed by atoms with E-state index in [1.54, 1.807) is 0 Å². The van der Waals surface area contributed by atoms with Crippen molar-refractivity contribution in [2.24, 2.45) is 5.92 Å². The lowest BCUT2D eigenvalue weighted by molar-refractivity contribution is -0.161. The first kappa shape index (κ1) is 27.0. The van der Waals surface area contributed by atoms with Crippen LogP contribution in [0.15, 0.2) is 42.6 Å². The Hall–Kier alpha value is -3.09. The molecule has 1 spiro atoms. The quantitative estimate of drug-likeness (QED) is 0.543. The number of piperidine rings is 1. The van der Waals surface area contributed by atoms with E-state index in [2.05, 4.69) is 69.2 Å². The molecule has 0 unspecified atom stereocenters. The fourth-order valence-corrected chi connectivity index (χ4v) is 5.80. The summed E-state index contributed by atoms with van der Waals surface area (Å²) in [5.41, 5.74) is 3.80. The summed E-state index contributed by atoms with van der Waals surface area (Å²) in [5.74, 6) is 0.500. The molecule has 1 aromatic carbocycles. The zero-order valence-corrected chi connectivity index (χ0v) is 23.2. The normalized spacial score (nSPS) is 19.9. The van der Waals surface area contributed by atoms with Crippen molar-refractivity contribution >= 4 is 11.8 Å². The Morgan fingerprint density at radius 2 is 1.84 bits per heavy atom. The van der Waals surface area contributed by atoms with Crippen LogP contribution >= 0.6 is 0 Å². The number of rotatable bonds is 9. The molecule has 200 valence electrons. The summed E-state index contributed by atoms with van der Waals surface area (Å²) in [7, 11) is 0. The van der Waals surface area contributed by atoms with Gasteiger partial charge in [-0.25, -0.2) is 4.68 Å². The van der Waals surface area contributed by atoms with E-state index in [1.807, 2.05) is 27.8 Å². The SMILES string of the molecule is CCCCN1C(=O)[C@H](CC(C)C)NC(=O)C12CCN(/C=C/Cc1c(C)nn(-c3ccccc3)c1C)CC2. The van der Waals surface area contributed by atoms with Crippen molar-refractivity contribution in [1.82, 2.24) is 24.9 Å². The number of allylic oxidation sites excluding steroid dienone is 1. The number of para-hydroxylation sites is 1. The molecule has 2 amide bonds. The second kappa shape index (κ2) is 11.5. The minimum Gasteiger partial charge on any atom is -0.377 e. The molecule has 2 aromatic rings. The van der Waals surface area contributed by atoms with Gasteiger partial charge in [0.15, 0.2) is 0 Å². The molecule has 3 heterocycles. The molecule has 2 aliphatic rings. The number of likely N-dealkylation sites (tertiary alicyclic amines) is 1. The van der Waals surface area contributed by atoms with Crippen LogP contribution in [0.2, 0.25) is 0 Å². The van der Waals surface area contributed by atoms with Gasteiger partial charge in [0.05, 0.1) is 11.4 Å². The molecule has 0 bridgehead atoms. The highest BCUT2D eigenvalue weighted by atomic mass is 16.2. The van der Waals surface area contributed by atoms with E-state index in [-0.39, 0.29) is 11.8 Å². The third-order valence-electron chi connectivity index (χ3n) is 7.96. The molecule has 2 aliphatic heterocycles. The van der Waals surface area contributed by atoms with Crippen LogP contribution < -0.4 is 5.32 Å². The first-order chi connectivity index (χ1) is 17.8. The Balaban J connectivity index is 1.42. The number of nitrogens with zero attached hydrogens (tertiary/aromatic N) is 4. The molecule has 4 rings (SSSR count). The van der Waals surface area contributed by atoms with Crippen molar-refractivity contribution in [3.8, 4) is 5.69 Å². The van der Waals surface area contributed by atoms with E-state index in [1.165, 1.54) is 5.56 Å². The second-order valence-electron chi connectivity index (χ2n) is 11.1. The molecule has 0 radical (unpaired) electrons. The van der Waals surface area contributed by atoms with Gasteiger partial charge in [-0.2, -0.15) is 5.10 Å². The van der Waals surface area contributed by atoms with Crippen molar-refractivity contribution in [3.63, 3.8) is 0 Å². The number of aryl methyl sites for hydroxylation is 1. The fourth-order valence-electron chi connectivity index (χ4n) is 5.80. The standard InChI is InChI=1S/C30H43N5O2/c1-6-7-18-34-28(36)27(21-22(2)3)31-29(37)30(34)15-19-33(20-16-30)17-11-14-26-23(4)32-35(24(26)5)25-12-9-8-10-13-25/h8-13,17,22,27H,6-7,14-16,18-21H2,1-5H3,(H,31,37)/b17-11+/t27-/m0/s1. The summed E-state index contributed by atoms with van der Waals surface area (Å²) < 4.78 is 2.01. The number of carbonyl (C=O) groups excluding carboxylic acids is 2. The average Bonchev–Trinajstić information content (AvgIpc) is 3.17. The molecule has 7 heteroatoms. The summed E-state index contributed by atoms with van der Waals surface area (Å²) in [4.78, 5) is 31.1. The Bertz CT molecular complexity index is 1110. The second-order valence-corrected chi connectivity index (χ2v) is 11.1. The molecular formula is C30H43N5O2. The highest BCUT2D eigenvalue weighted by Crippen LogP contribution is 2.34. The summed E-state index contributed by atoms with van der Waals surface area (Å²) in [6.07, 6.45) is 9.12. The van der Waals surface area contributed by atoms with Crippen LogP contribution in [0.1, 0.15) is 69.8 Å². The Labute approximate surface area is 221 Å². The van der Waals surface area contributed by atoms with Crippen LogP contribution in [-0.4, -0.2) is 62.6 Å². The van der Waals surface area contributed by atoms with E-state index in [0.717, 1.165) is 49.4 Å². The van der Waals surface area contributed by atoms with Gasteiger partial charge in [0.2, 0.25) is 11.8 Å². The molecule has 2 saturated heterocycles. The molecule has 0 aliphatic carbocycles. The molecule has 1 atom stereocenters. The van der Waals surface area contributed by atoms with Gasteiger partial charge in [-0.05, 0) is 70.2 Å². The van der Waals surface area contributed by atoms with Gasteiger partial charge in [-0.3, -0.25) is 9.59 Å². The summed E-state index contributed by atoms with van der Waals surface area (Å²) in [6.45, 7) is 12.7. The lowest BCUT2D eigenvalue weighted by Gasteiger charge is -2.51. The van der Waals surface area contributed by atoms with E-state index in [4.69, 9.17) is 5.10 Å². The molecule has 2 fully saturated rings. The fraction of sp³-hybridized carbons (Fsp3) is 0.567. The van der Waals surface area contributed by atoms with Gasteiger partial charge in [-0.15, -0.1) is 0 Å². The number of hydrogen-bond acceptors (Lipinski definition) is 4. The first-order valence-corrected chi connectivity index (χ1v) is 13.9. The largest absolute Gasteiger partial charge is 0.377 e. The zero-order valence-electron chi connectivity index (χ0n) is 23.2. The zero-order chi connectivity index (χ0) is 26.6. The average molecular weight is 506 g/mol.